The second-order valence-electron chi connectivity index (χ2n) is 25.9. The Morgan fingerprint density at radius 3 is 0.610 bits per heavy atom. The summed E-state index contributed by atoms with van der Waals surface area (Å²) in [5, 5.41) is 0. The van der Waals surface area contributed by atoms with Gasteiger partial charge in [-0.2, -0.15) is 0 Å². The van der Waals surface area contributed by atoms with Crippen LogP contribution in [-0.4, -0.2) is 37.2 Å². The van der Waals surface area contributed by atoms with Crippen molar-refractivity contribution in [1.82, 2.24) is 0 Å². The van der Waals surface area contributed by atoms with E-state index in [1.54, 1.807) is 0 Å². The van der Waals surface area contributed by atoms with Gasteiger partial charge in [0.05, 0.1) is 0 Å². The van der Waals surface area contributed by atoms with Crippen LogP contribution >= 0.6 is 0 Å². The topological polar surface area (TPSA) is 78.9 Å². The van der Waals surface area contributed by atoms with Crippen LogP contribution in [0.2, 0.25) is 0 Å². The molecule has 0 aromatic carbocycles. The van der Waals surface area contributed by atoms with Crippen LogP contribution in [0.1, 0.15) is 438 Å². The van der Waals surface area contributed by atoms with Crippen molar-refractivity contribution in [2.45, 2.75) is 444 Å². The van der Waals surface area contributed by atoms with Crippen LogP contribution in [0, 0.1) is 0 Å². The number of rotatable bonds is 71. The average Bonchev–Trinajstić information content (AvgIpc) is 3.48. The maximum atomic E-state index is 12.9. The molecule has 0 radical (unpaired) electrons. The van der Waals surface area contributed by atoms with Gasteiger partial charge in [0.15, 0.2) is 6.10 Å². The number of carbonyl (C=O) groups excluding carboxylic acids is 3. The van der Waals surface area contributed by atoms with Crippen LogP contribution in [0.15, 0.2) is 12.2 Å². The molecule has 0 aliphatic rings. The van der Waals surface area contributed by atoms with Crippen molar-refractivity contribution in [3.8, 4) is 0 Å². The number of ether oxygens (including phenoxy) is 3. The van der Waals surface area contributed by atoms with Gasteiger partial charge in [0, 0.05) is 19.3 Å². The molecule has 0 aromatic heterocycles. The van der Waals surface area contributed by atoms with Crippen LogP contribution in [0.5, 0.6) is 0 Å². The molecule has 0 aliphatic heterocycles. The normalized spacial score (nSPS) is 12.0. The Morgan fingerprint density at radius 2 is 0.402 bits per heavy atom. The SMILES string of the molecule is CCCCCCCCCC/C=C\CCCCCCCCCCCCCCCCCC(=O)OC(COC(=O)CCCCCCCCC)COC(=O)CCCCCCCCCCCCCCCCCCCCCCCCCCCCCCCC. The zero-order valence-electron chi connectivity index (χ0n) is 56.1. The molecule has 82 heavy (non-hydrogen) atoms. The Balaban J connectivity index is 3.96. The molecule has 0 amide bonds. The first kappa shape index (κ1) is 80.2. The highest BCUT2D eigenvalue weighted by atomic mass is 16.6. The molecule has 6 nitrogen and oxygen atoms in total. The van der Waals surface area contributed by atoms with Crippen molar-refractivity contribution < 1.29 is 28.6 Å². The van der Waals surface area contributed by atoms with E-state index in [2.05, 4.69) is 32.9 Å². The van der Waals surface area contributed by atoms with E-state index < -0.39 is 6.10 Å². The van der Waals surface area contributed by atoms with Crippen LogP contribution in [0.25, 0.3) is 0 Å². The molecule has 486 valence electrons. The van der Waals surface area contributed by atoms with Gasteiger partial charge in [-0.25, -0.2) is 0 Å². The molecule has 0 aromatic rings. The van der Waals surface area contributed by atoms with E-state index in [0.717, 1.165) is 57.8 Å². The van der Waals surface area contributed by atoms with Gasteiger partial charge in [0.2, 0.25) is 0 Å². The van der Waals surface area contributed by atoms with Crippen molar-refractivity contribution >= 4 is 17.9 Å². The average molecular weight is 1160 g/mol. The molecule has 0 heterocycles. The number of carbonyl (C=O) groups is 3. The van der Waals surface area contributed by atoms with Gasteiger partial charge in [-0.15, -0.1) is 0 Å². The van der Waals surface area contributed by atoms with Gasteiger partial charge in [0.25, 0.3) is 0 Å². The Bertz CT molecular complexity index is 1280. The lowest BCUT2D eigenvalue weighted by atomic mass is 10.0. The first-order valence-electron chi connectivity index (χ1n) is 37.7. The zero-order valence-corrected chi connectivity index (χ0v) is 56.1. The molecule has 0 spiro atoms. The standard InChI is InChI=1S/C76H146O6/c1-4-7-10-13-16-18-20-22-24-26-28-30-32-34-36-37-38-40-41-43-45-47-49-51-53-55-57-60-63-66-69-75(78)81-72-73(71-80-74(77)68-65-62-59-15-12-9-6-3)82-76(79)70-67-64-61-58-56-54-52-50-48-46-44-42-39-35-33-31-29-27-25-23-21-19-17-14-11-8-5-2/h27,29,73H,4-26,28,30-72H2,1-3H3/b29-27-. The summed E-state index contributed by atoms with van der Waals surface area (Å²) in [4.78, 5) is 38.2. The van der Waals surface area contributed by atoms with E-state index in [9.17, 15) is 14.4 Å². The summed E-state index contributed by atoms with van der Waals surface area (Å²) in [6.45, 7) is 6.69. The molecule has 0 aliphatic carbocycles. The zero-order chi connectivity index (χ0) is 59.2. The van der Waals surface area contributed by atoms with Crippen LogP contribution < -0.4 is 0 Å². The maximum Gasteiger partial charge on any atom is 0.306 e. The molecular weight excluding hydrogens is 1010 g/mol. The minimum atomic E-state index is -0.764. The number of unbranched alkanes of at least 4 members (excludes halogenated alkanes) is 58. The van der Waals surface area contributed by atoms with Crippen molar-refractivity contribution in [2.75, 3.05) is 13.2 Å². The largest absolute Gasteiger partial charge is 0.462 e. The number of allylic oxidation sites excluding steroid dienone is 2. The fraction of sp³-hybridized carbons (Fsp3) is 0.934. The molecule has 1 atom stereocenters. The van der Waals surface area contributed by atoms with Gasteiger partial charge in [0.1, 0.15) is 13.2 Å². The summed E-state index contributed by atoms with van der Waals surface area (Å²) in [6, 6.07) is 0. The van der Waals surface area contributed by atoms with E-state index in [1.165, 1.54) is 340 Å². The highest BCUT2D eigenvalue weighted by molar-refractivity contribution is 5.71. The Kier molecular flexibility index (Phi) is 70.0. The highest BCUT2D eigenvalue weighted by Gasteiger charge is 2.20. The lowest BCUT2D eigenvalue weighted by Crippen LogP contribution is -2.30. The first-order chi connectivity index (χ1) is 40.5. The Labute approximate surface area is 513 Å². The summed E-state index contributed by atoms with van der Waals surface area (Å²) in [6.07, 6.45) is 87.3. The summed E-state index contributed by atoms with van der Waals surface area (Å²) in [5.74, 6) is -0.836. The van der Waals surface area contributed by atoms with Gasteiger partial charge in [-0.1, -0.05) is 386 Å². The summed E-state index contributed by atoms with van der Waals surface area (Å²) >= 11 is 0. The van der Waals surface area contributed by atoms with E-state index in [1.807, 2.05) is 0 Å². The molecule has 0 saturated heterocycles. The van der Waals surface area contributed by atoms with Gasteiger partial charge in [-0.3, -0.25) is 14.4 Å². The molecule has 0 bridgehead atoms. The molecule has 6 heteroatoms. The second kappa shape index (κ2) is 71.6. The van der Waals surface area contributed by atoms with Crippen molar-refractivity contribution in [1.29, 1.82) is 0 Å². The fourth-order valence-electron chi connectivity index (χ4n) is 11.9. The van der Waals surface area contributed by atoms with Crippen molar-refractivity contribution in [3.05, 3.63) is 12.2 Å². The Morgan fingerprint density at radius 1 is 0.232 bits per heavy atom. The summed E-state index contributed by atoms with van der Waals surface area (Å²) in [7, 11) is 0. The lowest BCUT2D eigenvalue weighted by Gasteiger charge is -2.18. The number of esters is 3. The van der Waals surface area contributed by atoms with Crippen molar-refractivity contribution in [3.63, 3.8) is 0 Å². The number of hydrogen-bond donors (Lipinski definition) is 0. The van der Waals surface area contributed by atoms with Crippen LogP contribution in [0.4, 0.5) is 0 Å². The van der Waals surface area contributed by atoms with Crippen LogP contribution in [-0.2, 0) is 28.6 Å². The van der Waals surface area contributed by atoms with E-state index in [-0.39, 0.29) is 31.1 Å². The second-order valence-corrected chi connectivity index (χ2v) is 25.9. The minimum absolute atomic E-state index is 0.0631. The molecule has 0 fully saturated rings. The fourth-order valence-corrected chi connectivity index (χ4v) is 11.9. The van der Waals surface area contributed by atoms with Gasteiger partial charge in [-0.05, 0) is 44.9 Å². The monoisotopic (exact) mass is 1160 g/mol. The minimum Gasteiger partial charge on any atom is -0.462 e. The Hall–Kier alpha value is -1.85. The predicted octanol–water partition coefficient (Wildman–Crippen LogP) is 26.0. The first-order valence-corrected chi connectivity index (χ1v) is 37.7. The number of hydrogen-bond acceptors (Lipinski definition) is 6. The maximum absolute atomic E-state index is 12.9. The molecule has 0 rings (SSSR count). The van der Waals surface area contributed by atoms with Crippen molar-refractivity contribution in [2.24, 2.45) is 0 Å². The molecular formula is C76H146O6. The third-order valence-electron chi connectivity index (χ3n) is 17.5. The predicted molar refractivity (Wildman–Crippen MR) is 358 cm³/mol. The van der Waals surface area contributed by atoms with E-state index in [4.69, 9.17) is 14.2 Å². The third-order valence-corrected chi connectivity index (χ3v) is 17.5. The van der Waals surface area contributed by atoms with Gasteiger partial charge >= 0.3 is 17.9 Å². The van der Waals surface area contributed by atoms with Crippen LogP contribution in [0.3, 0.4) is 0 Å². The summed E-state index contributed by atoms with van der Waals surface area (Å²) < 4.78 is 16.9. The quantitative estimate of drug-likeness (QED) is 0.0261. The third kappa shape index (κ3) is 68.9. The molecule has 1 unspecified atom stereocenters. The smallest absolute Gasteiger partial charge is 0.306 e. The highest BCUT2D eigenvalue weighted by Crippen LogP contribution is 2.20. The molecule has 0 saturated carbocycles. The van der Waals surface area contributed by atoms with E-state index in [0.29, 0.717) is 19.3 Å². The molecule has 0 N–H and O–H groups in total. The van der Waals surface area contributed by atoms with E-state index >= 15 is 0 Å². The summed E-state index contributed by atoms with van der Waals surface area (Å²) in [5.41, 5.74) is 0. The lowest BCUT2D eigenvalue weighted by molar-refractivity contribution is -0.167. The van der Waals surface area contributed by atoms with Gasteiger partial charge < -0.3 is 14.2 Å².